The van der Waals surface area contributed by atoms with Crippen LogP contribution < -0.4 is 0 Å². The summed E-state index contributed by atoms with van der Waals surface area (Å²) in [7, 11) is -3.57. The molecule has 0 aliphatic heterocycles. The molecule has 0 radical (unpaired) electrons. The van der Waals surface area contributed by atoms with Gasteiger partial charge >= 0.3 is 0 Å². The summed E-state index contributed by atoms with van der Waals surface area (Å²) in [5.41, 5.74) is 0. The maximum absolute atomic E-state index is 10.0. The van der Waals surface area contributed by atoms with Gasteiger partial charge in [0, 0.05) is 0 Å². The van der Waals surface area contributed by atoms with E-state index in [1.807, 2.05) is 0 Å². The van der Waals surface area contributed by atoms with Gasteiger partial charge in [-0.25, -0.2) is 0 Å². The molecule has 0 saturated heterocycles. The Bertz CT molecular complexity index is 120. The zero-order valence-electron chi connectivity index (χ0n) is 3.46. The minimum Gasteiger partial charge on any atom is -0.337 e. The summed E-state index contributed by atoms with van der Waals surface area (Å²) >= 11 is 0. The van der Waals surface area contributed by atoms with Gasteiger partial charge in [0.1, 0.15) is 0 Å². The Hall–Kier alpha value is -0.470. The lowest BCUT2D eigenvalue weighted by Gasteiger charge is -1.89. The van der Waals surface area contributed by atoms with Crippen LogP contribution in [0, 0.1) is 10.8 Å². The van der Waals surface area contributed by atoms with Crippen LogP contribution in [-0.4, -0.2) is 16.8 Å². The molecule has 0 heterocycles. The van der Waals surface area contributed by atoms with Crippen molar-refractivity contribution in [3.63, 3.8) is 0 Å². The van der Waals surface area contributed by atoms with E-state index in [9.17, 15) is 4.57 Å². The predicted octanol–water partition coefficient (Wildman–Crippen LogP) is 0.471. The van der Waals surface area contributed by atoms with Gasteiger partial charge in [0.15, 0.2) is 0 Å². The van der Waals surface area contributed by atoms with Gasteiger partial charge in [-0.2, -0.15) is 0 Å². The van der Waals surface area contributed by atoms with Crippen LogP contribution in [0.15, 0.2) is 0 Å². The second-order valence-corrected chi connectivity index (χ2v) is 2.79. The molecule has 4 nitrogen and oxygen atoms in total. The molecule has 0 rings (SSSR count). The summed E-state index contributed by atoms with van der Waals surface area (Å²) in [6.45, 7) is 0. The molecule has 0 unspecified atom stereocenters. The molecular formula is C2H5N2O2P. The molecule has 0 aromatic heterocycles. The van der Waals surface area contributed by atoms with Crippen molar-refractivity contribution in [1.82, 2.24) is 0 Å². The predicted molar refractivity (Wildman–Crippen MR) is 27.4 cm³/mol. The Balaban J connectivity index is 4.13. The van der Waals surface area contributed by atoms with Crippen LogP contribution >= 0.6 is 7.37 Å². The molecule has 0 fully saturated rings. The Morgan fingerprint density at radius 3 is 1.71 bits per heavy atom. The zero-order valence-corrected chi connectivity index (χ0v) is 4.35. The number of hydrogen-bond acceptors (Lipinski definition) is 3. The summed E-state index contributed by atoms with van der Waals surface area (Å²) in [5.74, 6) is 0.722. The first kappa shape index (κ1) is 6.53. The van der Waals surface area contributed by atoms with Gasteiger partial charge < -0.3 is 15.7 Å². The third kappa shape index (κ3) is 2.25. The van der Waals surface area contributed by atoms with Gasteiger partial charge in [-0.1, -0.05) is 0 Å². The second-order valence-electron chi connectivity index (χ2n) is 0.931. The van der Waals surface area contributed by atoms with E-state index in [0.717, 1.165) is 0 Å². The highest BCUT2D eigenvalue weighted by atomic mass is 31.2. The fraction of sp³-hybridized carbons (Fsp3) is 0. The summed E-state index contributed by atoms with van der Waals surface area (Å²) in [6.07, 6.45) is 0. The highest BCUT2D eigenvalue weighted by Crippen LogP contribution is 2.30. The van der Waals surface area contributed by atoms with E-state index in [-0.39, 0.29) is 0 Å². The van der Waals surface area contributed by atoms with Gasteiger partial charge in [0.05, 0.1) is 11.9 Å². The van der Waals surface area contributed by atoms with E-state index in [0.29, 0.717) is 11.9 Å². The van der Waals surface area contributed by atoms with E-state index in [1.165, 1.54) is 0 Å². The average Bonchev–Trinajstić information content (AvgIpc) is 1.68. The molecule has 0 bridgehead atoms. The minimum atomic E-state index is -3.57. The van der Waals surface area contributed by atoms with E-state index in [4.69, 9.17) is 15.7 Å². The highest BCUT2D eigenvalue weighted by Gasteiger charge is 2.05. The Labute approximate surface area is 40.6 Å². The smallest absolute Gasteiger partial charge is 0.278 e. The Morgan fingerprint density at radius 1 is 1.43 bits per heavy atom. The first-order chi connectivity index (χ1) is 3.12. The maximum atomic E-state index is 10.0. The van der Waals surface area contributed by atoms with Crippen LogP contribution in [0.2, 0.25) is 0 Å². The molecule has 0 atom stereocenters. The van der Waals surface area contributed by atoms with Crippen LogP contribution in [0.1, 0.15) is 0 Å². The summed E-state index contributed by atoms with van der Waals surface area (Å²) < 4.78 is 10.0. The molecule has 0 aromatic rings. The van der Waals surface area contributed by atoms with Crippen molar-refractivity contribution in [2.75, 3.05) is 0 Å². The van der Waals surface area contributed by atoms with Crippen molar-refractivity contribution in [3.8, 4) is 0 Å². The molecule has 40 valence electrons. The first-order valence-electron chi connectivity index (χ1n) is 1.48. The first-order valence-corrected chi connectivity index (χ1v) is 3.27. The molecule has 5 heteroatoms. The van der Waals surface area contributed by atoms with E-state index in [2.05, 4.69) is 0 Å². The zero-order chi connectivity index (χ0) is 5.91. The van der Waals surface area contributed by atoms with Crippen molar-refractivity contribution in [3.05, 3.63) is 0 Å². The van der Waals surface area contributed by atoms with E-state index in [1.54, 1.807) is 0 Å². The fourth-order valence-electron chi connectivity index (χ4n) is 0.0373. The van der Waals surface area contributed by atoms with Crippen LogP contribution in [0.3, 0.4) is 0 Å². The van der Waals surface area contributed by atoms with Gasteiger partial charge in [0.2, 0.25) is 0 Å². The molecule has 0 aliphatic rings. The SMILES string of the molecule is N=CP(=O)(O)C=N. The monoisotopic (exact) mass is 120 g/mol. The minimum absolute atomic E-state index is 0.361. The molecule has 0 saturated carbocycles. The summed E-state index contributed by atoms with van der Waals surface area (Å²) in [6, 6.07) is 0. The van der Waals surface area contributed by atoms with Crippen molar-refractivity contribution in [2.45, 2.75) is 0 Å². The van der Waals surface area contributed by atoms with Crippen molar-refractivity contribution < 1.29 is 9.46 Å². The lowest BCUT2D eigenvalue weighted by Crippen LogP contribution is -1.76. The summed E-state index contributed by atoms with van der Waals surface area (Å²) in [5, 5.41) is 12.4. The second kappa shape index (κ2) is 2.00. The normalized spacial score (nSPS) is 17.3. The third-order valence-electron chi connectivity index (χ3n) is 0.370. The van der Waals surface area contributed by atoms with Crippen LogP contribution in [0.4, 0.5) is 0 Å². The number of rotatable bonds is 2. The average molecular weight is 120 g/mol. The topological polar surface area (TPSA) is 85.0 Å². The molecule has 7 heavy (non-hydrogen) atoms. The Morgan fingerprint density at radius 2 is 1.71 bits per heavy atom. The van der Waals surface area contributed by atoms with Gasteiger partial charge in [0.25, 0.3) is 7.37 Å². The maximum Gasteiger partial charge on any atom is 0.278 e. The molecule has 0 aliphatic carbocycles. The van der Waals surface area contributed by atoms with Crippen LogP contribution in [-0.2, 0) is 4.57 Å². The van der Waals surface area contributed by atoms with Crippen molar-refractivity contribution >= 4 is 19.3 Å². The summed E-state index contributed by atoms with van der Waals surface area (Å²) in [4.78, 5) is 8.20. The Kier molecular flexibility index (Phi) is 1.87. The van der Waals surface area contributed by atoms with Crippen molar-refractivity contribution in [2.24, 2.45) is 0 Å². The molecular weight excluding hydrogens is 115 g/mol. The van der Waals surface area contributed by atoms with Gasteiger partial charge in [-0.05, 0) is 0 Å². The standard InChI is InChI=1S/C2H5N2O2P/c3-1-7(5,6)2-4/h1-4H,(H,5,6). The lowest BCUT2D eigenvalue weighted by atomic mass is 11.7. The van der Waals surface area contributed by atoms with Crippen LogP contribution in [0.5, 0.6) is 0 Å². The fourth-order valence-corrected chi connectivity index (χ4v) is 0.112. The quantitative estimate of drug-likeness (QED) is 0.365. The lowest BCUT2D eigenvalue weighted by molar-refractivity contribution is 0.507. The van der Waals surface area contributed by atoms with Gasteiger partial charge in [-0.15, -0.1) is 0 Å². The van der Waals surface area contributed by atoms with Crippen LogP contribution in [0.25, 0.3) is 0 Å². The molecule has 0 spiro atoms. The molecule has 3 N–H and O–H groups in total. The van der Waals surface area contributed by atoms with Gasteiger partial charge in [-0.3, -0.25) is 4.57 Å². The number of hydrogen-bond donors (Lipinski definition) is 3. The highest BCUT2D eigenvalue weighted by molar-refractivity contribution is 7.86. The van der Waals surface area contributed by atoms with Crippen molar-refractivity contribution in [1.29, 1.82) is 10.8 Å². The number of nitrogens with one attached hydrogen (secondary N) is 2. The third-order valence-corrected chi connectivity index (χ3v) is 1.11. The molecule has 0 aromatic carbocycles. The largest absolute Gasteiger partial charge is 0.337 e. The van der Waals surface area contributed by atoms with E-state index < -0.39 is 7.37 Å². The molecule has 0 amide bonds. The van der Waals surface area contributed by atoms with E-state index >= 15 is 0 Å².